The van der Waals surface area contributed by atoms with E-state index in [4.69, 9.17) is 4.43 Å². The second kappa shape index (κ2) is 6.35. The Balaban J connectivity index is 4.87. The van der Waals surface area contributed by atoms with E-state index < -0.39 is 8.32 Å². The third-order valence-corrected chi connectivity index (χ3v) is 8.76. The van der Waals surface area contributed by atoms with Crippen molar-refractivity contribution >= 4 is 8.32 Å². The van der Waals surface area contributed by atoms with Gasteiger partial charge in [0.25, 0.3) is 0 Å². The van der Waals surface area contributed by atoms with Gasteiger partial charge >= 0.3 is 0 Å². The Morgan fingerprint density at radius 1 is 1.12 bits per heavy atom. The Kier molecular flexibility index (Phi) is 6.40. The summed E-state index contributed by atoms with van der Waals surface area (Å²) in [5.74, 6) is 0.727. The molecule has 0 saturated carbocycles. The number of rotatable bonds is 6. The molecule has 0 unspecified atom stereocenters. The quantitative estimate of drug-likeness (QED) is 0.730. The van der Waals surface area contributed by atoms with Gasteiger partial charge in [-0.3, -0.25) is 0 Å². The fraction of sp³-hybridized carbons (Fsp3) is 1.00. The minimum atomic E-state index is -1.74. The van der Waals surface area contributed by atoms with Gasteiger partial charge in [0.05, 0.1) is 6.10 Å². The van der Waals surface area contributed by atoms with Crippen LogP contribution in [0.1, 0.15) is 48.0 Å². The molecule has 3 heteroatoms. The van der Waals surface area contributed by atoms with Gasteiger partial charge in [-0.15, -0.1) is 0 Å². The lowest BCUT2D eigenvalue weighted by atomic mass is 9.92. The van der Waals surface area contributed by atoms with E-state index in [1.165, 1.54) is 0 Å². The summed E-state index contributed by atoms with van der Waals surface area (Å²) >= 11 is 0. The van der Waals surface area contributed by atoms with Crippen molar-refractivity contribution in [1.29, 1.82) is 0 Å². The van der Waals surface area contributed by atoms with Gasteiger partial charge in [0.2, 0.25) is 0 Å². The first-order valence-corrected chi connectivity index (χ1v) is 9.76. The molecule has 0 aliphatic carbocycles. The van der Waals surface area contributed by atoms with Crippen molar-refractivity contribution in [2.24, 2.45) is 11.8 Å². The highest BCUT2D eigenvalue weighted by Gasteiger charge is 2.41. The van der Waals surface area contributed by atoms with Crippen molar-refractivity contribution in [1.82, 2.24) is 0 Å². The smallest absolute Gasteiger partial charge is 0.192 e. The van der Waals surface area contributed by atoms with Crippen LogP contribution in [0.5, 0.6) is 0 Å². The maximum absolute atomic E-state index is 9.38. The predicted octanol–water partition coefficient (Wildman–Crippen LogP) is 4.05. The van der Waals surface area contributed by atoms with E-state index in [0.29, 0.717) is 5.92 Å². The van der Waals surface area contributed by atoms with Crippen LogP contribution in [0.3, 0.4) is 0 Å². The average Bonchev–Trinajstić information content (AvgIpc) is 2.22. The molecule has 17 heavy (non-hydrogen) atoms. The third-order valence-electron chi connectivity index (χ3n) is 4.29. The van der Waals surface area contributed by atoms with Crippen LogP contribution >= 0.6 is 0 Å². The number of hydrogen-bond acceptors (Lipinski definition) is 2. The molecule has 1 N–H and O–H groups in total. The largest absolute Gasteiger partial charge is 0.413 e. The summed E-state index contributed by atoms with van der Waals surface area (Å²) in [4.78, 5) is 0. The van der Waals surface area contributed by atoms with Crippen LogP contribution in [-0.2, 0) is 4.43 Å². The van der Waals surface area contributed by atoms with Crippen molar-refractivity contribution in [3.8, 4) is 0 Å². The fourth-order valence-electron chi connectivity index (χ4n) is 1.65. The first kappa shape index (κ1) is 17.1. The molecule has 2 nitrogen and oxygen atoms in total. The Morgan fingerprint density at radius 2 is 1.59 bits per heavy atom. The van der Waals surface area contributed by atoms with Crippen molar-refractivity contribution in [2.45, 2.75) is 72.2 Å². The summed E-state index contributed by atoms with van der Waals surface area (Å²) < 4.78 is 6.49. The van der Waals surface area contributed by atoms with Gasteiger partial charge < -0.3 is 9.53 Å². The number of aliphatic hydroxyl groups is 1. The number of aliphatic hydroxyl groups excluding tert-OH is 1. The van der Waals surface area contributed by atoms with Crippen LogP contribution in [0.15, 0.2) is 0 Å². The van der Waals surface area contributed by atoms with Crippen molar-refractivity contribution in [3.63, 3.8) is 0 Å². The summed E-state index contributed by atoms with van der Waals surface area (Å²) in [5, 5.41) is 9.61. The van der Waals surface area contributed by atoms with Gasteiger partial charge in [-0.2, -0.15) is 0 Å². The maximum Gasteiger partial charge on any atom is 0.192 e. The van der Waals surface area contributed by atoms with E-state index in [1.54, 1.807) is 0 Å². The van der Waals surface area contributed by atoms with Crippen molar-refractivity contribution in [3.05, 3.63) is 0 Å². The van der Waals surface area contributed by atoms with Crippen LogP contribution in [0.2, 0.25) is 18.1 Å². The highest BCUT2D eigenvalue weighted by atomic mass is 28.4. The Hall–Kier alpha value is 0.137. The van der Waals surface area contributed by atoms with Gasteiger partial charge in [0, 0.05) is 12.5 Å². The molecule has 0 spiro atoms. The molecule has 104 valence electrons. The van der Waals surface area contributed by atoms with Crippen LogP contribution in [0.25, 0.3) is 0 Å². The minimum Gasteiger partial charge on any atom is -0.413 e. The zero-order valence-corrected chi connectivity index (χ0v) is 14.0. The second-order valence-corrected chi connectivity index (χ2v) is 11.6. The van der Waals surface area contributed by atoms with Crippen LogP contribution in [-0.4, -0.2) is 26.1 Å². The average molecular weight is 260 g/mol. The molecule has 0 heterocycles. The summed E-state index contributed by atoms with van der Waals surface area (Å²) in [6.07, 6.45) is 1.29. The normalized spacial score (nSPS) is 18.9. The molecular weight excluding hydrogens is 228 g/mol. The molecule has 0 aromatic heterocycles. The van der Waals surface area contributed by atoms with E-state index in [2.05, 4.69) is 54.6 Å². The lowest BCUT2D eigenvalue weighted by Crippen LogP contribution is -2.47. The molecule has 0 fully saturated rings. The van der Waals surface area contributed by atoms with Gasteiger partial charge in [-0.1, -0.05) is 48.0 Å². The number of hydrogen-bond donors (Lipinski definition) is 1. The molecule has 0 aliphatic heterocycles. The standard InChI is InChI=1S/C14H32O2Si/c1-9-11(2)13(12(3)10-15)16-17(7,8)14(4,5)6/h11-13,15H,9-10H2,1-8H3/t11-,12+,13-/m0/s1. The lowest BCUT2D eigenvalue weighted by Gasteiger charge is -2.42. The summed E-state index contributed by atoms with van der Waals surface area (Å²) in [7, 11) is -1.74. The Bertz CT molecular complexity index is 211. The zero-order chi connectivity index (χ0) is 13.9. The highest BCUT2D eigenvalue weighted by Crippen LogP contribution is 2.39. The maximum atomic E-state index is 9.38. The Labute approximate surface area is 109 Å². The lowest BCUT2D eigenvalue weighted by molar-refractivity contribution is 0.0445. The van der Waals surface area contributed by atoms with Gasteiger partial charge in [0.15, 0.2) is 8.32 Å². The summed E-state index contributed by atoms with van der Waals surface area (Å²) in [5.41, 5.74) is 0. The Morgan fingerprint density at radius 3 is 1.88 bits per heavy atom. The van der Waals surface area contributed by atoms with E-state index in [0.717, 1.165) is 6.42 Å². The molecule has 0 aliphatic rings. The minimum absolute atomic E-state index is 0.186. The van der Waals surface area contributed by atoms with Crippen LogP contribution in [0, 0.1) is 11.8 Å². The SMILES string of the molecule is CC[C@H](C)[C@H](O[Si](C)(C)C(C)(C)C)[C@H](C)CO. The molecule has 0 bridgehead atoms. The van der Waals surface area contributed by atoms with Gasteiger partial charge in [-0.05, 0) is 24.1 Å². The van der Waals surface area contributed by atoms with E-state index >= 15 is 0 Å². The fourth-order valence-corrected chi connectivity index (χ4v) is 3.14. The van der Waals surface area contributed by atoms with Crippen LogP contribution < -0.4 is 0 Å². The molecule has 0 aromatic carbocycles. The topological polar surface area (TPSA) is 29.5 Å². The molecule has 0 radical (unpaired) electrons. The molecular formula is C14H32O2Si. The van der Waals surface area contributed by atoms with Crippen molar-refractivity contribution in [2.75, 3.05) is 6.61 Å². The molecule has 3 atom stereocenters. The van der Waals surface area contributed by atoms with Gasteiger partial charge in [0.1, 0.15) is 0 Å². The molecule has 0 amide bonds. The summed E-state index contributed by atoms with van der Waals surface area (Å²) in [6, 6.07) is 0. The molecule has 0 saturated heterocycles. The van der Waals surface area contributed by atoms with Crippen molar-refractivity contribution < 1.29 is 9.53 Å². The van der Waals surface area contributed by atoms with Crippen LogP contribution in [0.4, 0.5) is 0 Å². The van der Waals surface area contributed by atoms with E-state index in [-0.39, 0.29) is 23.7 Å². The molecule has 0 aromatic rings. The zero-order valence-electron chi connectivity index (χ0n) is 13.0. The first-order valence-electron chi connectivity index (χ1n) is 6.85. The van der Waals surface area contributed by atoms with E-state index in [9.17, 15) is 5.11 Å². The first-order chi connectivity index (χ1) is 7.56. The van der Waals surface area contributed by atoms with Gasteiger partial charge in [-0.25, -0.2) is 0 Å². The highest BCUT2D eigenvalue weighted by molar-refractivity contribution is 6.74. The predicted molar refractivity (Wildman–Crippen MR) is 77.8 cm³/mol. The molecule has 0 rings (SSSR count). The monoisotopic (exact) mass is 260 g/mol. The second-order valence-electron chi connectivity index (χ2n) is 6.89. The van der Waals surface area contributed by atoms with E-state index in [1.807, 2.05) is 0 Å². The third kappa shape index (κ3) is 4.72. The summed E-state index contributed by atoms with van der Waals surface area (Å²) in [6.45, 7) is 18.1.